The maximum absolute atomic E-state index is 13.0. The summed E-state index contributed by atoms with van der Waals surface area (Å²) in [5.74, 6) is 1.05. The molecule has 2 aromatic rings. The molecule has 7 nitrogen and oxygen atoms in total. The molecule has 1 aliphatic heterocycles. The lowest BCUT2D eigenvalue weighted by Crippen LogP contribution is -2.43. The van der Waals surface area contributed by atoms with E-state index in [9.17, 15) is 13.2 Å². The van der Waals surface area contributed by atoms with Crippen LogP contribution in [0.25, 0.3) is 0 Å². The predicted octanol–water partition coefficient (Wildman–Crippen LogP) is 4.38. The van der Waals surface area contributed by atoms with Crippen LogP contribution in [0.5, 0.6) is 11.5 Å². The quantitative estimate of drug-likeness (QED) is 0.566. The summed E-state index contributed by atoms with van der Waals surface area (Å²) in [4.78, 5) is 13.2. The van der Waals surface area contributed by atoms with E-state index in [4.69, 9.17) is 9.47 Å². The average molecular weight is 489 g/mol. The molecule has 0 saturated carbocycles. The van der Waals surface area contributed by atoms with E-state index in [1.54, 1.807) is 19.2 Å². The Labute approximate surface area is 203 Å². The highest BCUT2D eigenvalue weighted by molar-refractivity contribution is 7.89. The smallest absolute Gasteiger partial charge is 0.243 e. The Kier molecular flexibility index (Phi) is 8.60. The van der Waals surface area contributed by atoms with Crippen LogP contribution in [-0.2, 0) is 14.8 Å². The number of hydrogen-bond acceptors (Lipinski definition) is 5. The number of piperidine rings is 1. The molecule has 0 spiro atoms. The molecule has 0 bridgehead atoms. The normalized spacial score (nSPS) is 16.1. The van der Waals surface area contributed by atoms with Crippen molar-refractivity contribution in [3.8, 4) is 11.5 Å². The predicted molar refractivity (Wildman–Crippen MR) is 133 cm³/mol. The number of rotatable bonds is 9. The number of carbonyl (C=O) groups is 1. The summed E-state index contributed by atoms with van der Waals surface area (Å²) in [6, 6.07) is 10.7. The van der Waals surface area contributed by atoms with Crippen LogP contribution in [0, 0.1) is 19.8 Å². The molecule has 1 unspecified atom stereocenters. The Hall–Kier alpha value is -2.58. The van der Waals surface area contributed by atoms with Crippen molar-refractivity contribution in [3.63, 3.8) is 0 Å². The zero-order valence-corrected chi connectivity index (χ0v) is 21.6. The van der Waals surface area contributed by atoms with Crippen molar-refractivity contribution >= 4 is 15.9 Å². The van der Waals surface area contributed by atoms with Gasteiger partial charge in [-0.25, -0.2) is 8.42 Å². The van der Waals surface area contributed by atoms with E-state index < -0.39 is 10.0 Å². The average Bonchev–Trinajstić information content (AvgIpc) is 2.84. The van der Waals surface area contributed by atoms with Gasteiger partial charge >= 0.3 is 0 Å². The molecule has 3 rings (SSSR count). The molecule has 1 saturated heterocycles. The molecule has 8 heteroatoms. The molecule has 2 aromatic carbocycles. The Bertz CT molecular complexity index is 1110. The third kappa shape index (κ3) is 5.91. The van der Waals surface area contributed by atoms with Gasteiger partial charge in [0.1, 0.15) is 0 Å². The highest BCUT2D eigenvalue weighted by Gasteiger charge is 2.32. The Morgan fingerprint density at radius 2 is 1.79 bits per heavy atom. The minimum Gasteiger partial charge on any atom is -0.493 e. The van der Waals surface area contributed by atoms with Crippen LogP contribution in [0.2, 0.25) is 0 Å². The number of hydrogen-bond donors (Lipinski definition) is 1. The topological polar surface area (TPSA) is 84.9 Å². The number of benzene rings is 2. The number of sulfonamides is 1. The molecule has 1 atom stereocenters. The first-order chi connectivity index (χ1) is 16.2. The third-order valence-corrected chi connectivity index (χ3v) is 8.34. The number of carbonyl (C=O) groups excluding carboxylic acids is 1. The lowest BCUT2D eigenvalue weighted by Gasteiger charge is -2.31. The first-order valence-electron chi connectivity index (χ1n) is 11.9. The van der Waals surface area contributed by atoms with Crippen molar-refractivity contribution in [3.05, 3.63) is 53.1 Å². The number of nitrogens with zero attached hydrogens (tertiary/aromatic N) is 1. The van der Waals surface area contributed by atoms with Crippen molar-refractivity contribution in [1.29, 1.82) is 0 Å². The summed E-state index contributed by atoms with van der Waals surface area (Å²) in [6.45, 7) is 9.12. The molecule has 34 heavy (non-hydrogen) atoms. The standard InChI is InChI=1S/C26H36N2O5S/c1-6-15-33-24-10-8-22(17-25(24)32-5)20(4)27-26(29)21-11-13-28(14-12-21)34(30,31)23-9-7-18(2)19(3)16-23/h7-10,16-17,20-21H,6,11-15H2,1-5H3,(H,27,29). The summed E-state index contributed by atoms with van der Waals surface area (Å²) in [7, 11) is -1.96. The van der Waals surface area contributed by atoms with Crippen LogP contribution < -0.4 is 14.8 Å². The van der Waals surface area contributed by atoms with Gasteiger partial charge in [-0.2, -0.15) is 4.31 Å². The van der Waals surface area contributed by atoms with Crippen LogP contribution in [0.1, 0.15) is 55.8 Å². The van der Waals surface area contributed by atoms with Gasteiger partial charge in [0, 0.05) is 19.0 Å². The molecule has 0 radical (unpaired) electrons. The van der Waals surface area contributed by atoms with Crippen LogP contribution >= 0.6 is 0 Å². The van der Waals surface area contributed by atoms with Gasteiger partial charge in [0.25, 0.3) is 0 Å². The van der Waals surface area contributed by atoms with E-state index >= 15 is 0 Å². The first kappa shape index (κ1) is 26.0. The van der Waals surface area contributed by atoms with Crippen LogP contribution in [0.4, 0.5) is 0 Å². The SMILES string of the molecule is CCCOc1ccc(C(C)NC(=O)C2CCN(S(=O)(=O)c3ccc(C)c(C)c3)CC2)cc1OC. The van der Waals surface area contributed by atoms with Gasteiger partial charge in [-0.15, -0.1) is 0 Å². The van der Waals surface area contributed by atoms with Gasteiger partial charge < -0.3 is 14.8 Å². The van der Waals surface area contributed by atoms with Crippen molar-refractivity contribution in [2.45, 2.75) is 57.9 Å². The second kappa shape index (κ2) is 11.2. The summed E-state index contributed by atoms with van der Waals surface area (Å²) in [6.07, 6.45) is 1.90. The summed E-state index contributed by atoms with van der Waals surface area (Å²) >= 11 is 0. The van der Waals surface area contributed by atoms with E-state index in [0.29, 0.717) is 48.9 Å². The van der Waals surface area contributed by atoms with Crippen LogP contribution in [0.15, 0.2) is 41.3 Å². The van der Waals surface area contributed by atoms with Gasteiger partial charge in [-0.05, 0) is 81.0 Å². The maximum atomic E-state index is 13.0. The van der Waals surface area contributed by atoms with Crippen molar-refractivity contribution in [2.24, 2.45) is 5.92 Å². The Morgan fingerprint density at radius 3 is 2.41 bits per heavy atom. The minimum atomic E-state index is -3.56. The molecule has 1 amide bonds. The second-order valence-corrected chi connectivity index (χ2v) is 10.9. The van der Waals surface area contributed by atoms with Gasteiger partial charge in [0.05, 0.1) is 24.7 Å². The number of ether oxygens (including phenoxy) is 2. The third-order valence-electron chi connectivity index (χ3n) is 6.45. The molecule has 1 N–H and O–H groups in total. The number of nitrogens with one attached hydrogen (secondary N) is 1. The van der Waals surface area contributed by atoms with E-state index in [0.717, 1.165) is 23.1 Å². The van der Waals surface area contributed by atoms with Crippen molar-refractivity contribution < 1.29 is 22.7 Å². The van der Waals surface area contributed by atoms with Crippen LogP contribution in [-0.4, -0.2) is 45.4 Å². The molecule has 186 valence electrons. The summed E-state index contributed by atoms with van der Waals surface area (Å²) in [5.41, 5.74) is 2.93. The molecule has 1 heterocycles. The zero-order valence-electron chi connectivity index (χ0n) is 20.8. The number of amides is 1. The summed E-state index contributed by atoms with van der Waals surface area (Å²) in [5, 5.41) is 3.08. The lowest BCUT2D eigenvalue weighted by molar-refractivity contribution is -0.126. The first-order valence-corrected chi connectivity index (χ1v) is 13.3. The molecule has 1 fully saturated rings. The molecular formula is C26H36N2O5S. The fourth-order valence-corrected chi connectivity index (χ4v) is 5.64. The molecule has 0 aromatic heterocycles. The monoisotopic (exact) mass is 488 g/mol. The Balaban J connectivity index is 1.59. The van der Waals surface area contributed by atoms with Gasteiger partial charge in [0.2, 0.25) is 15.9 Å². The number of methoxy groups -OCH3 is 1. The zero-order chi connectivity index (χ0) is 24.9. The van der Waals surface area contributed by atoms with E-state index in [-0.39, 0.29) is 17.9 Å². The fourth-order valence-electron chi connectivity index (χ4n) is 4.08. The number of aryl methyl sites for hydroxylation is 2. The van der Waals surface area contributed by atoms with Gasteiger partial charge in [-0.1, -0.05) is 19.1 Å². The van der Waals surface area contributed by atoms with Crippen molar-refractivity contribution in [1.82, 2.24) is 9.62 Å². The highest BCUT2D eigenvalue weighted by atomic mass is 32.2. The van der Waals surface area contributed by atoms with Crippen LogP contribution in [0.3, 0.4) is 0 Å². The molecular weight excluding hydrogens is 452 g/mol. The largest absolute Gasteiger partial charge is 0.493 e. The Morgan fingerprint density at radius 1 is 1.09 bits per heavy atom. The van der Waals surface area contributed by atoms with Gasteiger partial charge in [0.15, 0.2) is 11.5 Å². The van der Waals surface area contributed by atoms with Gasteiger partial charge in [-0.3, -0.25) is 4.79 Å². The molecule has 1 aliphatic rings. The fraction of sp³-hybridized carbons (Fsp3) is 0.500. The second-order valence-electron chi connectivity index (χ2n) is 8.91. The van der Waals surface area contributed by atoms with Crippen molar-refractivity contribution in [2.75, 3.05) is 26.8 Å². The minimum absolute atomic E-state index is 0.0546. The molecule has 0 aliphatic carbocycles. The highest BCUT2D eigenvalue weighted by Crippen LogP contribution is 2.31. The van der Waals surface area contributed by atoms with E-state index in [1.807, 2.05) is 52.0 Å². The van der Waals surface area contributed by atoms with E-state index in [2.05, 4.69) is 5.32 Å². The van der Waals surface area contributed by atoms with E-state index in [1.165, 1.54) is 4.31 Å². The summed E-state index contributed by atoms with van der Waals surface area (Å²) < 4.78 is 38.7. The lowest BCUT2D eigenvalue weighted by atomic mass is 9.96. The maximum Gasteiger partial charge on any atom is 0.243 e.